The van der Waals surface area contributed by atoms with Gasteiger partial charge in [0.15, 0.2) is 0 Å². The third-order valence-corrected chi connectivity index (χ3v) is 4.22. The van der Waals surface area contributed by atoms with Gasteiger partial charge in [-0.05, 0) is 36.5 Å². The van der Waals surface area contributed by atoms with Crippen LogP contribution in [0.25, 0.3) is 0 Å². The van der Waals surface area contributed by atoms with Gasteiger partial charge in [-0.2, -0.15) is 0 Å². The summed E-state index contributed by atoms with van der Waals surface area (Å²) >= 11 is 0. The SMILES string of the molecule is CC1CCCCC1NCC(=O)NCc1ccc(F)cc1.O=C(O)C(=O)O. The normalized spacial score (nSPS) is 19.0. The second-order valence-corrected chi connectivity index (χ2v) is 6.26. The van der Waals surface area contributed by atoms with Crippen LogP contribution in [-0.2, 0) is 20.9 Å². The molecule has 8 heteroatoms. The largest absolute Gasteiger partial charge is 0.473 e. The highest BCUT2D eigenvalue weighted by molar-refractivity contribution is 6.27. The van der Waals surface area contributed by atoms with Gasteiger partial charge in [-0.25, -0.2) is 14.0 Å². The van der Waals surface area contributed by atoms with Crippen LogP contribution in [0.15, 0.2) is 24.3 Å². The average molecular weight is 368 g/mol. The van der Waals surface area contributed by atoms with Crippen molar-refractivity contribution in [2.24, 2.45) is 5.92 Å². The van der Waals surface area contributed by atoms with Crippen molar-refractivity contribution in [3.05, 3.63) is 35.6 Å². The fraction of sp³-hybridized carbons (Fsp3) is 0.500. The molecule has 4 N–H and O–H groups in total. The maximum atomic E-state index is 12.8. The van der Waals surface area contributed by atoms with Crippen molar-refractivity contribution < 1.29 is 29.0 Å². The summed E-state index contributed by atoms with van der Waals surface area (Å²) in [6.07, 6.45) is 4.95. The summed E-state index contributed by atoms with van der Waals surface area (Å²) in [4.78, 5) is 30.0. The lowest BCUT2D eigenvalue weighted by atomic mass is 9.86. The molecule has 0 bridgehead atoms. The fourth-order valence-electron chi connectivity index (χ4n) is 2.71. The van der Waals surface area contributed by atoms with E-state index in [2.05, 4.69) is 17.6 Å². The molecule has 144 valence electrons. The van der Waals surface area contributed by atoms with Gasteiger partial charge in [-0.15, -0.1) is 0 Å². The summed E-state index contributed by atoms with van der Waals surface area (Å²) in [5, 5.41) is 21.0. The molecule has 1 aromatic carbocycles. The average Bonchev–Trinajstić information content (AvgIpc) is 2.61. The molecule has 0 aliphatic heterocycles. The van der Waals surface area contributed by atoms with E-state index in [0.717, 1.165) is 12.0 Å². The molecule has 26 heavy (non-hydrogen) atoms. The number of amides is 1. The van der Waals surface area contributed by atoms with Crippen LogP contribution >= 0.6 is 0 Å². The zero-order chi connectivity index (χ0) is 19.5. The van der Waals surface area contributed by atoms with E-state index >= 15 is 0 Å². The number of carbonyl (C=O) groups is 3. The quantitative estimate of drug-likeness (QED) is 0.589. The second kappa shape index (κ2) is 11.2. The summed E-state index contributed by atoms with van der Waals surface area (Å²) in [5.74, 6) is -3.27. The standard InChI is InChI=1S/C16H23FN2O.C2H2O4/c1-12-4-2-3-5-15(12)18-11-16(20)19-10-13-6-8-14(17)9-7-13;3-1(4)2(5)6/h6-9,12,15,18H,2-5,10-11H2,1H3,(H,19,20);(H,3,4)(H,5,6). The van der Waals surface area contributed by atoms with Crippen molar-refractivity contribution in [2.75, 3.05) is 6.54 Å². The molecule has 0 spiro atoms. The molecule has 1 saturated carbocycles. The molecule has 0 saturated heterocycles. The highest BCUT2D eigenvalue weighted by Crippen LogP contribution is 2.23. The lowest BCUT2D eigenvalue weighted by molar-refractivity contribution is -0.159. The van der Waals surface area contributed by atoms with Gasteiger partial charge in [0.05, 0.1) is 6.54 Å². The predicted molar refractivity (Wildman–Crippen MR) is 92.9 cm³/mol. The van der Waals surface area contributed by atoms with Gasteiger partial charge in [0.1, 0.15) is 5.82 Å². The fourth-order valence-corrected chi connectivity index (χ4v) is 2.71. The summed E-state index contributed by atoms with van der Waals surface area (Å²) in [6, 6.07) is 6.64. The zero-order valence-electron chi connectivity index (χ0n) is 14.7. The van der Waals surface area contributed by atoms with Gasteiger partial charge < -0.3 is 20.8 Å². The van der Waals surface area contributed by atoms with Gasteiger partial charge in [-0.3, -0.25) is 4.79 Å². The Morgan fingerprint density at radius 2 is 1.65 bits per heavy atom. The third kappa shape index (κ3) is 8.57. The Hall–Kier alpha value is -2.48. The van der Waals surface area contributed by atoms with Gasteiger partial charge >= 0.3 is 11.9 Å². The number of nitrogens with one attached hydrogen (secondary N) is 2. The first-order valence-corrected chi connectivity index (χ1v) is 8.50. The van der Waals surface area contributed by atoms with Crippen molar-refractivity contribution >= 4 is 17.8 Å². The molecular formula is C18H25FN2O5. The number of hydrogen-bond acceptors (Lipinski definition) is 4. The Labute approximate surface area is 151 Å². The van der Waals surface area contributed by atoms with Crippen LogP contribution < -0.4 is 10.6 Å². The van der Waals surface area contributed by atoms with Crippen LogP contribution in [-0.4, -0.2) is 40.6 Å². The molecule has 1 aliphatic carbocycles. The summed E-state index contributed by atoms with van der Waals surface area (Å²) in [6.45, 7) is 3.05. The van der Waals surface area contributed by atoms with E-state index < -0.39 is 11.9 Å². The van der Waals surface area contributed by atoms with Crippen LogP contribution in [0, 0.1) is 11.7 Å². The molecule has 1 aliphatic rings. The van der Waals surface area contributed by atoms with Gasteiger partial charge in [0.25, 0.3) is 0 Å². The molecule has 7 nitrogen and oxygen atoms in total. The number of benzene rings is 1. The molecule has 1 amide bonds. The molecule has 2 atom stereocenters. The van der Waals surface area contributed by atoms with E-state index in [1.165, 1.54) is 31.4 Å². The minimum atomic E-state index is -1.82. The monoisotopic (exact) mass is 368 g/mol. The van der Waals surface area contributed by atoms with Crippen LogP contribution in [0.1, 0.15) is 38.2 Å². The van der Waals surface area contributed by atoms with Gasteiger partial charge in [-0.1, -0.05) is 31.9 Å². The lowest BCUT2D eigenvalue weighted by Gasteiger charge is -2.29. The highest BCUT2D eigenvalue weighted by atomic mass is 19.1. The second-order valence-electron chi connectivity index (χ2n) is 6.26. The molecule has 0 radical (unpaired) electrons. The van der Waals surface area contributed by atoms with Crippen LogP contribution in [0.4, 0.5) is 4.39 Å². The maximum absolute atomic E-state index is 12.8. The summed E-state index contributed by atoms with van der Waals surface area (Å²) in [5.41, 5.74) is 0.908. The van der Waals surface area contributed by atoms with Gasteiger partial charge in [0.2, 0.25) is 5.91 Å². The smallest absolute Gasteiger partial charge is 0.414 e. The maximum Gasteiger partial charge on any atom is 0.414 e. The summed E-state index contributed by atoms with van der Waals surface area (Å²) < 4.78 is 12.8. The number of carbonyl (C=O) groups excluding carboxylic acids is 1. The Morgan fingerprint density at radius 1 is 1.08 bits per heavy atom. The molecule has 0 aromatic heterocycles. The summed E-state index contributed by atoms with van der Waals surface area (Å²) in [7, 11) is 0. The van der Waals surface area contributed by atoms with Crippen LogP contribution in [0.2, 0.25) is 0 Å². The van der Waals surface area contributed by atoms with E-state index in [0.29, 0.717) is 25.0 Å². The lowest BCUT2D eigenvalue weighted by Crippen LogP contribution is -2.43. The Kier molecular flexibility index (Phi) is 9.29. The Morgan fingerprint density at radius 3 is 2.19 bits per heavy atom. The topological polar surface area (TPSA) is 116 Å². The van der Waals surface area contributed by atoms with E-state index in [4.69, 9.17) is 19.8 Å². The first-order chi connectivity index (χ1) is 12.3. The van der Waals surface area contributed by atoms with Crippen molar-refractivity contribution in [3.8, 4) is 0 Å². The minimum Gasteiger partial charge on any atom is -0.473 e. The van der Waals surface area contributed by atoms with Gasteiger partial charge in [0, 0.05) is 12.6 Å². The molecule has 2 unspecified atom stereocenters. The van der Waals surface area contributed by atoms with E-state index in [1.807, 2.05) is 0 Å². The highest BCUT2D eigenvalue weighted by Gasteiger charge is 2.21. The third-order valence-electron chi connectivity index (χ3n) is 4.22. The molecule has 0 heterocycles. The van der Waals surface area contributed by atoms with Crippen molar-refractivity contribution in [1.29, 1.82) is 0 Å². The van der Waals surface area contributed by atoms with E-state index in [-0.39, 0.29) is 11.7 Å². The Bertz CT molecular complexity index is 594. The first kappa shape index (κ1) is 21.6. The number of rotatable bonds is 5. The van der Waals surface area contributed by atoms with Crippen molar-refractivity contribution in [3.63, 3.8) is 0 Å². The van der Waals surface area contributed by atoms with E-state index in [1.54, 1.807) is 12.1 Å². The number of aliphatic carboxylic acids is 2. The molecular weight excluding hydrogens is 343 g/mol. The number of carboxylic acid groups (broad SMARTS) is 2. The van der Waals surface area contributed by atoms with E-state index in [9.17, 15) is 9.18 Å². The molecule has 2 rings (SSSR count). The number of halogens is 1. The molecule has 1 fully saturated rings. The molecule has 1 aromatic rings. The number of hydrogen-bond donors (Lipinski definition) is 4. The zero-order valence-corrected chi connectivity index (χ0v) is 14.7. The minimum absolute atomic E-state index is 0.00732. The number of carboxylic acids is 2. The first-order valence-electron chi connectivity index (χ1n) is 8.50. The van der Waals surface area contributed by atoms with Crippen LogP contribution in [0.3, 0.4) is 0 Å². The van der Waals surface area contributed by atoms with Crippen molar-refractivity contribution in [1.82, 2.24) is 10.6 Å². The Balaban J connectivity index is 0.000000487. The predicted octanol–water partition coefficient (Wildman–Crippen LogP) is 1.77. The van der Waals surface area contributed by atoms with Crippen LogP contribution in [0.5, 0.6) is 0 Å². The van der Waals surface area contributed by atoms with Crippen molar-refractivity contribution in [2.45, 2.75) is 45.2 Å².